The second-order valence-electron chi connectivity index (χ2n) is 4.59. The van der Waals surface area contributed by atoms with Crippen molar-refractivity contribution in [3.8, 4) is 0 Å². The lowest BCUT2D eigenvalue weighted by Gasteiger charge is -2.17. The molecule has 0 aromatic heterocycles. The third-order valence-electron chi connectivity index (χ3n) is 3.28. The Hall–Kier alpha value is -1.00. The molecule has 0 saturated carbocycles. The van der Waals surface area contributed by atoms with Gasteiger partial charge in [-0.1, -0.05) is 6.07 Å². The molecule has 1 aliphatic heterocycles. The number of likely N-dealkylation sites (tertiary alicyclic amines) is 1. The first-order valence-corrected chi connectivity index (χ1v) is 6.26. The summed E-state index contributed by atoms with van der Waals surface area (Å²) in [5.41, 5.74) is 1.69. The Bertz CT molecular complexity index is 433. The number of amides is 1. The van der Waals surface area contributed by atoms with Gasteiger partial charge in [-0.05, 0) is 31.0 Å². The number of nitrogens with zero attached hydrogens (tertiary/aromatic N) is 1. The normalized spacial score (nSPS) is 19.7. The van der Waals surface area contributed by atoms with Crippen molar-refractivity contribution in [2.24, 2.45) is 5.92 Å². The largest absolute Gasteiger partial charge is 0.396 e. The molecule has 1 fully saturated rings. The van der Waals surface area contributed by atoms with Crippen LogP contribution in [0.5, 0.6) is 0 Å². The highest BCUT2D eigenvalue weighted by Gasteiger charge is 2.27. The second-order valence-corrected chi connectivity index (χ2v) is 5.10. The van der Waals surface area contributed by atoms with Crippen molar-refractivity contribution in [2.75, 3.05) is 19.7 Å². The molecule has 1 aromatic carbocycles. The first-order chi connectivity index (χ1) is 8.11. The third kappa shape index (κ3) is 2.64. The fraction of sp³-hybridized carbons (Fsp3) is 0.462. The Morgan fingerprint density at radius 3 is 3.00 bits per heavy atom. The van der Waals surface area contributed by atoms with Crippen molar-refractivity contribution in [3.05, 3.63) is 29.3 Å². The number of thiol groups is 1. The topological polar surface area (TPSA) is 40.5 Å². The van der Waals surface area contributed by atoms with Gasteiger partial charge in [-0.2, -0.15) is 0 Å². The lowest BCUT2D eigenvalue weighted by molar-refractivity contribution is 0.0781. The molecule has 3 nitrogen and oxygen atoms in total. The van der Waals surface area contributed by atoms with Crippen LogP contribution in [0.2, 0.25) is 0 Å². The van der Waals surface area contributed by atoms with E-state index in [1.807, 2.05) is 30.0 Å². The average Bonchev–Trinajstić information content (AvgIpc) is 2.80. The number of benzene rings is 1. The van der Waals surface area contributed by atoms with E-state index in [2.05, 4.69) is 12.6 Å². The van der Waals surface area contributed by atoms with Crippen LogP contribution in [0.1, 0.15) is 22.3 Å². The first kappa shape index (κ1) is 12.5. The molecular formula is C13H17NO2S. The lowest BCUT2D eigenvalue weighted by Crippen LogP contribution is -2.29. The van der Waals surface area contributed by atoms with E-state index in [1.165, 1.54) is 0 Å². The van der Waals surface area contributed by atoms with E-state index in [-0.39, 0.29) is 18.4 Å². The Kier molecular flexibility index (Phi) is 3.74. The van der Waals surface area contributed by atoms with Gasteiger partial charge in [0.15, 0.2) is 0 Å². The van der Waals surface area contributed by atoms with Gasteiger partial charge in [-0.3, -0.25) is 4.79 Å². The summed E-state index contributed by atoms with van der Waals surface area (Å²) in [7, 11) is 0. The van der Waals surface area contributed by atoms with Crippen molar-refractivity contribution in [1.29, 1.82) is 0 Å². The minimum absolute atomic E-state index is 0.0503. The van der Waals surface area contributed by atoms with Crippen LogP contribution in [0.15, 0.2) is 23.1 Å². The second kappa shape index (κ2) is 5.10. The molecule has 1 amide bonds. The zero-order valence-corrected chi connectivity index (χ0v) is 10.8. The van der Waals surface area contributed by atoms with Crippen molar-refractivity contribution < 1.29 is 9.90 Å². The van der Waals surface area contributed by atoms with Gasteiger partial charge < -0.3 is 10.0 Å². The van der Waals surface area contributed by atoms with Crippen LogP contribution < -0.4 is 0 Å². The first-order valence-electron chi connectivity index (χ1n) is 5.81. The van der Waals surface area contributed by atoms with Gasteiger partial charge in [0.2, 0.25) is 0 Å². The summed E-state index contributed by atoms with van der Waals surface area (Å²) >= 11 is 4.26. The third-order valence-corrected chi connectivity index (χ3v) is 3.56. The summed E-state index contributed by atoms with van der Waals surface area (Å²) in [5.74, 6) is 0.285. The zero-order valence-electron chi connectivity index (χ0n) is 9.89. The van der Waals surface area contributed by atoms with Gasteiger partial charge >= 0.3 is 0 Å². The molecule has 0 bridgehead atoms. The highest BCUT2D eigenvalue weighted by molar-refractivity contribution is 7.80. The summed E-state index contributed by atoms with van der Waals surface area (Å²) in [5, 5.41) is 9.08. The molecule has 1 aliphatic rings. The summed E-state index contributed by atoms with van der Waals surface area (Å²) in [4.78, 5) is 14.9. The summed E-state index contributed by atoms with van der Waals surface area (Å²) < 4.78 is 0. The molecule has 1 saturated heterocycles. The molecule has 4 heteroatoms. The maximum absolute atomic E-state index is 12.3. The molecule has 1 unspecified atom stereocenters. The van der Waals surface area contributed by atoms with Gasteiger partial charge in [-0.15, -0.1) is 12.6 Å². The van der Waals surface area contributed by atoms with Crippen molar-refractivity contribution in [3.63, 3.8) is 0 Å². The molecule has 1 heterocycles. The van der Waals surface area contributed by atoms with Crippen molar-refractivity contribution in [1.82, 2.24) is 4.90 Å². The molecule has 0 radical (unpaired) electrons. The van der Waals surface area contributed by atoms with Crippen LogP contribution in [-0.2, 0) is 0 Å². The van der Waals surface area contributed by atoms with E-state index in [9.17, 15) is 4.79 Å². The number of aliphatic hydroxyl groups excluding tert-OH is 1. The van der Waals surface area contributed by atoms with E-state index in [0.29, 0.717) is 6.54 Å². The number of carbonyl (C=O) groups is 1. The number of aliphatic hydroxyl groups is 1. The Morgan fingerprint density at radius 1 is 1.59 bits per heavy atom. The molecule has 0 aliphatic carbocycles. The molecule has 1 atom stereocenters. The molecule has 1 N–H and O–H groups in total. The molecule has 17 heavy (non-hydrogen) atoms. The molecular weight excluding hydrogens is 234 g/mol. The molecule has 92 valence electrons. The Morgan fingerprint density at radius 2 is 2.35 bits per heavy atom. The van der Waals surface area contributed by atoms with Crippen LogP contribution in [-0.4, -0.2) is 35.6 Å². The molecule has 2 rings (SSSR count). The molecule has 0 spiro atoms. The Labute approximate surface area is 107 Å². The monoisotopic (exact) mass is 251 g/mol. The van der Waals surface area contributed by atoms with E-state index in [1.54, 1.807) is 0 Å². The standard InChI is InChI=1S/C13H17NO2S/c1-9-2-3-11(17)6-12(9)13(16)14-5-4-10(7-14)8-15/h2-3,6,10,15,17H,4-5,7-8H2,1H3. The molecule has 1 aromatic rings. The van der Waals surface area contributed by atoms with Crippen LogP contribution in [0, 0.1) is 12.8 Å². The lowest BCUT2D eigenvalue weighted by atomic mass is 10.1. The van der Waals surface area contributed by atoms with Gasteiger partial charge in [-0.25, -0.2) is 0 Å². The summed E-state index contributed by atoms with van der Waals surface area (Å²) in [6.07, 6.45) is 0.891. The minimum Gasteiger partial charge on any atom is -0.396 e. The number of hydrogen-bond donors (Lipinski definition) is 2. The van der Waals surface area contributed by atoms with Crippen LogP contribution in [0.3, 0.4) is 0 Å². The summed E-state index contributed by atoms with van der Waals surface area (Å²) in [6.45, 7) is 3.49. The van der Waals surface area contributed by atoms with Gasteiger partial charge in [0.1, 0.15) is 0 Å². The number of rotatable bonds is 2. The van der Waals surface area contributed by atoms with E-state index >= 15 is 0 Å². The van der Waals surface area contributed by atoms with E-state index < -0.39 is 0 Å². The smallest absolute Gasteiger partial charge is 0.254 e. The number of carbonyl (C=O) groups excluding carboxylic acids is 1. The predicted molar refractivity (Wildman–Crippen MR) is 69.5 cm³/mol. The SMILES string of the molecule is Cc1ccc(S)cc1C(=O)N1CCC(CO)C1. The van der Waals surface area contributed by atoms with Crippen molar-refractivity contribution >= 4 is 18.5 Å². The predicted octanol–water partition coefficient (Wildman–Crippen LogP) is 1.74. The number of aryl methyl sites for hydroxylation is 1. The van der Waals surface area contributed by atoms with Crippen molar-refractivity contribution in [2.45, 2.75) is 18.2 Å². The zero-order chi connectivity index (χ0) is 12.4. The quantitative estimate of drug-likeness (QED) is 0.786. The maximum Gasteiger partial charge on any atom is 0.254 e. The van der Waals surface area contributed by atoms with E-state index in [0.717, 1.165) is 29.0 Å². The van der Waals surface area contributed by atoms with Crippen LogP contribution in [0.25, 0.3) is 0 Å². The van der Waals surface area contributed by atoms with Gasteiger partial charge in [0.25, 0.3) is 5.91 Å². The number of hydrogen-bond acceptors (Lipinski definition) is 3. The van der Waals surface area contributed by atoms with Crippen LogP contribution in [0.4, 0.5) is 0 Å². The van der Waals surface area contributed by atoms with Gasteiger partial charge in [0, 0.05) is 36.1 Å². The van der Waals surface area contributed by atoms with Crippen LogP contribution >= 0.6 is 12.6 Å². The minimum atomic E-state index is 0.0503. The Balaban J connectivity index is 2.17. The fourth-order valence-corrected chi connectivity index (χ4v) is 2.38. The highest BCUT2D eigenvalue weighted by Crippen LogP contribution is 2.21. The van der Waals surface area contributed by atoms with Gasteiger partial charge in [0.05, 0.1) is 0 Å². The maximum atomic E-state index is 12.3. The fourth-order valence-electron chi connectivity index (χ4n) is 2.18. The van der Waals surface area contributed by atoms with E-state index in [4.69, 9.17) is 5.11 Å². The summed E-state index contributed by atoms with van der Waals surface area (Å²) in [6, 6.07) is 5.61. The highest BCUT2D eigenvalue weighted by atomic mass is 32.1. The average molecular weight is 251 g/mol.